The molecule has 78 valence electrons. The lowest BCUT2D eigenvalue weighted by molar-refractivity contribution is -0.140. The maximum atomic E-state index is 10.2. The summed E-state index contributed by atoms with van der Waals surface area (Å²) < 4.78 is 4.91. The fourth-order valence-corrected chi connectivity index (χ4v) is 1.49. The lowest BCUT2D eigenvalue weighted by atomic mass is 10.1. The SMILES string of the molecule is NC1=C(Cl)C(OCC(=O)O)=CCC1Cl. The Morgan fingerprint density at radius 2 is 2.43 bits per heavy atom. The van der Waals surface area contributed by atoms with Crippen LogP contribution in [-0.2, 0) is 9.53 Å². The minimum Gasteiger partial charge on any atom is -0.481 e. The van der Waals surface area contributed by atoms with E-state index in [2.05, 4.69) is 0 Å². The van der Waals surface area contributed by atoms with Crippen LogP contribution >= 0.6 is 23.2 Å². The highest BCUT2D eigenvalue weighted by Crippen LogP contribution is 2.29. The van der Waals surface area contributed by atoms with E-state index in [0.717, 1.165) is 0 Å². The van der Waals surface area contributed by atoms with E-state index in [0.29, 0.717) is 12.1 Å². The first kappa shape index (κ1) is 11.2. The summed E-state index contributed by atoms with van der Waals surface area (Å²) in [4.78, 5) is 10.2. The molecule has 0 aromatic carbocycles. The van der Waals surface area contributed by atoms with Crippen LogP contribution in [0.1, 0.15) is 6.42 Å². The minimum absolute atomic E-state index is 0.192. The lowest BCUT2D eigenvalue weighted by Crippen LogP contribution is -2.19. The van der Waals surface area contributed by atoms with E-state index in [1.165, 1.54) is 0 Å². The van der Waals surface area contributed by atoms with E-state index < -0.39 is 12.6 Å². The Balaban J connectivity index is 2.68. The Labute approximate surface area is 90.9 Å². The van der Waals surface area contributed by atoms with Gasteiger partial charge in [0.2, 0.25) is 0 Å². The monoisotopic (exact) mass is 237 g/mol. The van der Waals surface area contributed by atoms with Crippen LogP contribution < -0.4 is 5.73 Å². The van der Waals surface area contributed by atoms with Crippen LogP contribution in [0.3, 0.4) is 0 Å². The number of aliphatic carboxylic acids is 1. The second-order valence-electron chi connectivity index (χ2n) is 2.72. The molecule has 1 rings (SSSR count). The first-order chi connectivity index (χ1) is 6.52. The lowest BCUT2D eigenvalue weighted by Gasteiger charge is -2.18. The van der Waals surface area contributed by atoms with Crippen molar-refractivity contribution in [2.45, 2.75) is 11.8 Å². The number of nitrogens with two attached hydrogens (primary N) is 1. The van der Waals surface area contributed by atoms with Crippen molar-refractivity contribution in [3.8, 4) is 0 Å². The molecular formula is C8H9Cl2NO3. The predicted molar refractivity (Wildman–Crippen MR) is 53.0 cm³/mol. The first-order valence-corrected chi connectivity index (χ1v) is 4.68. The molecule has 1 aliphatic rings. The van der Waals surface area contributed by atoms with Crippen LogP contribution in [0.15, 0.2) is 22.6 Å². The van der Waals surface area contributed by atoms with Crippen molar-refractivity contribution in [1.29, 1.82) is 0 Å². The van der Waals surface area contributed by atoms with Crippen molar-refractivity contribution in [1.82, 2.24) is 0 Å². The van der Waals surface area contributed by atoms with Gasteiger partial charge in [-0.15, -0.1) is 11.6 Å². The summed E-state index contributed by atoms with van der Waals surface area (Å²) in [5.74, 6) is -0.787. The predicted octanol–water partition coefficient (Wildman–Crippen LogP) is 1.39. The fourth-order valence-electron chi connectivity index (χ4n) is 0.969. The molecule has 0 heterocycles. The second-order valence-corrected chi connectivity index (χ2v) is 3.63. The first-order valence-electron chi connectivity index (χ1n) is 3.86. The summed E-state index contributed by atoms with van der Waals surface area (Å²) in [6.45, 7) is -0.442. The number of carboxylic acids is 1. The van der Waals surface area contributed by atoms with Crippen LogP contribution in [-0.4, -0.2) is 23.1 Å². The topological polar surface area (TPSA) is 72.5 Å². The van der Waals surface area contributed by atoms with E-state index >= 15 is 0 Å². The quantitative estimate of drug-likeness (QED) is 0.728. The highest BCUT2D eigenvalue weighted by atomic mass is 35.5. The van der Waals surface area contributed by atoms with E-state index in [9.17, 15) is 4.79 Å². The molecule has 0 saturated carbocycles. The summed E-state index contributed by atoms with van der Waals surface area (Å²) in [5.41, 5.74) is 5.88. The van der Waals surface area contributed by atoms with Crippen LogP contribution in [0, 0.1) is 0 Å². The van der Waals surface area contributed by atoms with E-state index in [-0.39, 0.29) is 16.2 Å². The Morgan fingerprint density at radius 1 is 1.79 bits per heavy atom. The molecule has 0 aliphatic heterocycles. The van der Waals surface area contributed by atoms with Gasteiger partial charge in [-0.25, -0.2) is 4.79 Å². The van der Waals surface area contributed by atoms with Gasteiger partial charge < -0.3 is 15.6 Å². The van der Waals surface area contributed by atoms with Gasteiger partial charge in [-0.2, -0.15) is 0 Å². The van der Waals surface area contributed by atoms with Gasteiger partial charge in [-0.05, 0) is 12.5 Å². The average molecular weight is 238 g/mol. The number of hydrogen-bond acceptors (Lipinski definition) is 3. The molecule has 6 heteroatoms. The Bertz CT molecular complexity index is 312. The molecule has 1 aliphatic carbocycles. The highest BCUT2D eigenvalue weighted by molar-refractivity contribution is 6.33. The number of hydrogen-bond donors (Lipinski definition) is 2. The molecule has 1 unspecified atom stereocenters. The Kier molecular flexibility index (Phi) is 3.66. The Morgan fingerprint density at radius 3 is 3.00 bits per heavy atom. The van der Waals surface area contributed by atoms with Gasteiger partial charge in [0.05, 0.1) is 5.38 Å². The van der Waals surface area contributed by atoms with Gasteiger partial charge in [0.1, 0.15) is 10.8 Å². The molecule has 0 aromatic heterocycles. The van der Waals surface area contributed by atoms with Crippen LogP contribution in [0.2, 0.25) is 0 Å². The third kappa shape index (κ3) is 2.56. The molecule has 0 aromatic rings. The van der Waals surface area contributed by atoms with Gasteiger partial charge in [0, 0.05) is 5.70 Å². The summed E-state index contributed by atoms with van der Waals surface area (Å²) in [7, 11) is 0. The normalized spacial score (nSPS) is 21.9. The number of carbonyl (C=O) groups is 1. The summed E-state index contributed by atoms with van der Waals surface area (Å²) >= 11 is 11.6. The van der Waals surface area contributed by atoms with Gasteiger partial charge in [-0.1, -0.05) is 11.6 Å². The number of ether oxygens (including phenoxy) is 1. The highest BCUT2D eigenvalue weighted by Gasteiger charge is 2.20. The molecule has 3 N–H and O–H groups in total. The molecule has 0 saturated heterocycles. The maximum Gasteiger partial charge on any atom is 0.341 e. The van der Waals surface area contributed by atoms with E-state index in [1.54, 1.807) is 6.08 Å². The zero-order chi connectivity index (χ0) is 10.7. The summed E-state index contributed by atoms with van der Waals surface area (Å²) in [5, 5.41) is 8.22. The number of alkyl halides is 1. The largest absolute Gasteiger partial charge is 0.481 e. The molecule has 14 heavy (non-hydrogen) atoms. The van der Waals surface area contributed by atoms with E-state index in [4.69, 9.17) is 38.8 Å². The molecule has 0 spiro atoms. The van der Waals surface area contributed by atoms with Crippen LogP contribution in [0.25, 0.3) is 0 Å². The number of allylic oxidation sites excluding steroid dienone is 3. The molecule has 1 atom stereocenters. The fraction of sp³-hybridized carbons (Fsp3) is 0.375. The number of rotatable bonds is 3. The standard InChI is InChI=1S/C8H9Cl2NO3/c9-4-1-2-5(7(10)8(4)11)14-3-6(12)13/h2,4H,1,3,11H2,(H,12,13). The molecule has 0 fully saturated rings. The van der Waals surface area contributed by atoms with Crippen molar-refractivity contribution >= 4 is 29.2 Å². The van der Waals surface area contributed by atoms with Gasteiger partial charge in [0.25, 0.3) is 0 Å². The van der Waals surface area contributed by atoms with Crippen LogP contribution in [0.5, 0.6) is 0 Å². The smallest absolute Gasteiger partial charge is 0.341 e. The zero-order valence-corrected chi connectivity index (χ0v) is 8.68. The van der Waals surface area contributed by atoms with Gasteiger partial charge in [-0.3, -0.25) is 0 Å². The van der Waals surface area contributed by atoms with Gasteiger partial charge in [0.15, 0.2) is 6.61 Å². The maximum absolute atomic E-state index is 10.2. The molecule has 4 nitrogen and oxygen atoms in total. The zero-order valence-electron chi connectivity index (χ0n) is 7.17. The Hall–Kier alpha value is -0.870. The van der Waals surface area contributed by atoms with Crippen LogP contribution in [0.4, 0.5) is 0 Å². The molecule has 0 radical (unpaired) electrons. The molecule has 0 amide bonds. The number of carboxylic acid groups (broad SMARTS) is 1. The number of halogens is 2. The van der Waals surface area contributed by atoms with E-state index in [1.807, 2.05) is 0 Å². The summed E-state index contributed by atoms with van der Waals surface area (Å²) in [6.07, 6.45) is 2.11. The van der Waals surface area contributed by atoms with Crippen molar-refractivity contribution in [3.05, 3.63) is 22.6 Å². The third-order valence-electron chi connectivity index (χ3n) is 1.67. The van der Waals surface area contributed by atoms with Crippen molar-refractivity contribution in [3.63, 3.8) is 0 Å². The van der Waals surface area contributed by atoms with Crippen molar-refractivity contribution < 1.29 is 14.6 Å². The van der Waals surface area contributed by atoms with Crippen molar-refractivity contribution in [2.24, 2.45) is 5.73 Å². The second kappa shape index (κ2) is 4.57. The minimum atomic E-state index is -1.07. The molecular weight excluding hydrogens is 229 g/mol. The van der Waals surface area contributed by atoms with Crippen molar-refractivity contribution in [2.75, 3.05) is 6.61 Å². The molecule has 0 bridgehead atoms. The van der Waals surface area contributed by atoms with Gasteiger partial charge >= 0.3 is 5.97 Å². The summed E-state index contributed by atoms with van der Waals surface area (Å²) in [6, 6.07) is 0. The average Bonchev–Trinajstić information content (AvgIpc) is 2.13. The third-order valence-corrected chi connectivity index (χ3v) is 2.49.